The highest BCUT2D eigenvalue weighted by Gasteiger charge is 2.21. The molecule has 1 heterocycles. The van der Waals surface area contributed by atoms with Gasteiger partial charge < -0.3 is 5.11 Å². The normalized spacial score (nSPS) is 10.9. The Morgan fingerprint density at radius 3 is 2.42 bits per heavy atom. The molecule has 19 heavy (non-hydrogen) atoms. The summed E-state index contributed by atoms with van der Waals surface area (Å²) in [5, 5.41) is 10.2. The Balaban J connectivity index is 2.51. The fraction of sp³-hybridized carbons (Fsp3) is 0.333. The van der Waals surface area contributed by atoms with Crippen molar-refractivity contribution < 1.29 is 9.90 Å². The van der Waals surface area contributed by atoms with E-state index in [2.05, 4.69) is 18.8 Å². The zero-order valence-corrected chi connectivity index (χ0v) is 11.9. The van der Waals surface area contributed by atoms with Crippen LogP contribution in [0, 0.1) is 0 Å². The molecule has 3 nitrogen and oxygen atoms in total. The summed E-state index contributed by atoms with van der Waals surface area (Å²) in [5.74, 6) is -0.604. The molecule has 0 unspecified atom stereocenters. The molecule has 1 aromatic heterocycles. The third-order valence-corrected chi connectivity index (χ3v) is 4.48. The van der Waals surface area contributed by atoms with Crippen LogP contribution in [0.15, 0.2) is 30.3 Å². The van der Waals surface area contributed by atoms with Gasteiger partial charge in [-0.2, -0.15) is 0 Å². The van der Waals surface area contributed by atoms with Crippen molar-refractivity contribution in [3.8, 4) is 10.4 Å². The van der Waals surface area contributed by atoms with Crippen LogP contribution in [-0.4, -0.2) is 16.1 Å². The van der Waals surface area contributed by atoms with E-state index < -0.39 is 5.97 Å². The maximum absolute atomic E-state index is 11.4. The minimum absolute atomic E-state index is 0.179. The predicted molar refractivity (Wildman–Crippen MR) is 77.8 cm³/mol. The molecule has 100 valence electrons. The van der Waals surface area contributed by atoms with Gasteiger partial charge in [0.1, 0.15) is 0 Å². The van der Waals surface area contributed by atoms with Crippen LogP contribution >= 0.6 is 11.3 Å². The lowest BCUT2D eigenvalue weighted by Gasteiger charge is -2.06. The van der Waals surface area contributed by atoms with Gasteiger partial charge in [-0.05, 0) is 18.4 Å². The first-order valence-electron chi connectivity index (χ1n) is 6.46. The molecule has 0 radical (unpaired) electrons. The number of hydrogen-bond acceptors (Lipinski definition) is 3. The average molecular weight is 275 g/mol. The van der Waals surface area contributed by atoms with Crippen LogP contribution in [0.4, 0.5) is 0 Å². The van der Waals surface area contributed by atoms with E-state index in [0.29, 0.717) is 5.92 Å². The number of nitrogens with zero attached hydrogens (tertiary/aromatic N) is 1. The van der Waals surface area contributed by atoms with Gasteiger partial charge in [0.2, 0.25) is 0 Å². The van der Waals surface area contributed by atoms with Crippen molar-refractivity contribution in [1.29, 1.82) is 0 Å². The number of thiazole rings is 1. The molecule has 0 saturated carbocycles. The number of aromatic carboxylic acids is 1. The summed E-state index contributed by atoms with van der Waals surface area (Å²) >= 11 is 1.51. The summed E-state index contributed by atoms with van der Waals surface area (Å²) in [6.07, 6.45) is 1.97. The Morgan fingerprint density at radius 1 is 1.26 bits per heavy atom. The minimum Gasteiger partial charge on any atom is -0.476 e. The van der Waals surface area contributed by atoms with Gasteiger partial charge in [-0.3, -0.25) is 0 Å². The van der Waals surface area contributed by atoms with Gasteiger partial charge in [-0.25, -0.2) is 9.78 Å². The summed E-state index contributed by atoms with van der Waals surface area (Å²) in [4.78, 5) is 16.5. The second-order valence-electron chi connectivity index (χ2n) is 4.41. The topological polar surface area (TPSA) is 50.2 Å². The van der Waals surface area contributed by atoms with Crippen LogP contribution in [0.2, 0.25) is 0 Å². The number of carboxylic acids is 1. The van der Waals surface area contributed by atoms with Gasteiger partial charge in [-0.1, -0.05) is 44.2 Å². The molecule has 0 aliphatic rings. The fourth-order valence-electron chi connectivity index (χ4n) is 2.08. The van der Waals surface area contributed by atoms with E-state index in [1.54, 1.807) is 0 Å². The van der Waals surface area contributed by atoms with Gasteiger partial charge in [0.15, 0.2) is 5.69 Å². The quantitative estimate of drug-likeness (QED) is 0.879. The second kappa shape index (κ2) is 5.97. The van der Waals surface area contributed by atoms with Crippen molar-refractivity contribution in [2.45, 2.75) is 32.6 Å². The molecule has 0 amide bonds. The van der Waals surface area contributed by atoms with E-state index in [1.807, 2.05) is 30.3 Å². The van der Waals surface area contributed by atoms with Crippen molar-refractivity contribution in [1.82, 2.24) is 4.98 Å². The SMILES string of the molecule is CCC(CC)c1nc(C(=O)O)c(-c2ccccc2)s1. The lowest BCUT2D eigenvalue weighted by Crippen LogP contribution is -2.01. The molecule has 1 aromatic carbocycles. The van der Waals surface area contributed by atoms with Gasteiger partial charge in [0.25, 0.3) is 0 Å². The molecule has 0 aliphatic carbocycles. The van der Waals surface area contributed by atoms with E-state index in [4.69, 9.17) is 0 Å². The molecule has 0 bridgehead atoms. The molecule has 4 heteroatoms. The largest absolute Gasteiger partial charge is 0.476 e. The minimum atomic E-state index is -0.952. The summed E-state index contributed by atoms with van der Waals surface area (Å²) < 4.78 is 0. The molecule has 0 atom stereocenters. The molecule has 0 spiro atoms. The molecule has 2 aromatic rings. The van der Waals surface area contributed by atoms with Crippen LogP contribution in [0.3, 0.4) is 0 Å². The zero-order chi connectivity index (χ0) is 13.8. The smallest absolute Gasteiger partial charge is 0.356 e. The van der Waals surface area contributed by atoms with Crippen molar-refractivity contribution >= 4 is 17.3 Å². The van der Waals surface area contributed by atoms with Crippen LogP contribution < -0.4 is 0 Å². The Bertz CT molecular complexity index is 559. The third-order valence-electron chi connectivity index (χ3n) is 3.22. The summed E-state index contributed by atoms with van der Waals surface area (Å²) in [6.45, 7) is 4.22. The maximum atomic E-state index is 11.4. The number of rotatable bonds is 5. The highest BCUT2D eigenvalue weighted by Crippen LogP contribution is 2.35. The number of hydrogen-bond donors (Lipinski definition) is 1. The lowest BCUT2D eigenvalue weighted by atomic mass is 10.1. The highest BCUT2D eigenvalue weighted by atomic mass is 32.1. The summed E-state index contributed by atoms with van der Waals surface area (Å²) in [7, 11) is 0. The Labute approximate surface area is 116 Å². The number of benzene rings is 1. The molecule has 0 fully saturated rings. The van der Waals surface area contributed by atoms with Crippen LogP contribution in [0.25, 0.3) is 10.4 Å². The Hall–Kier alpha value is -1.68. The van der Waals surface area contributed by atoms with E-state index in [-0.39, 0.29) is 5.69 Å². The molecule has 1 N–H and O–H groups in total. The maximum Gasteiger partial charge on any atom is 0.356 e. The number of carbonyl (C=O) groups is 1. The third kappa shape index (κ3) is 2.84. The van der Waals surface area contributed by atoms with E-state index >= 15 is 0 Å². The van der Waals surface area contributed by atoms with Crippen LogP contribution in [0.5, 0.6) is 0 Å². The van der Waals surface area contributed by atoms with Crippen molar-refractivity contribution in [2.24, 2.45) is 0 Å². The van der Waals surface area contributed by atoms with Crippen LogP contribution in [0.1, 0.15) is 48.1 Å². The van der Waals surface area contributed by atoms with Gasteiger partial charge >= 0.3 is 5.97 Å². The number of carboxylic acid groups (broad SMARTS) is 1. The van der Waals surface area contributed by atoms with Crippen LogP contribution in [-0.2, 0) is 0 Å². The van der Waals surface area contributed by atoms with Crippen molar-refractivity contribution in [3.05, 3.63) is 41.0 Å². The lowest BCUT2D eigenvalue weighted by molar-refractivity contribution is 0.0692. The van der Waals surface area contributed by atoms with Gasteiger partial charge in [0, 0.05) is 5.92 Å². The van der Waals surface area contributed by atoms with Gasteiger partial charge in [-0.15, -0.1) is 11.3 Å². The molecular formula is C15H17NO2S. The molecule has 2 rings (SSSR count). The molecular weight excluding hydrogens is 258 g/mol. The predicted octanol–water partition coefficient (Wildman–Crippen LogP) is 4.41. The summed E-state index contributed by atoms with van der Waals surface area (Å²) in [5.41, 5.74) is 1.10. The molecule has 0 aliphatic heterocycles. The van der Waals surface area contributed by atoms with E-state index in [9.17, 15) is 9.90 Å². The molecule has 0 saturated heterocycles. The number of aromatic nitrogens is 1. The fourth-order valence-corrected chi connectivity index (χ4v) is 3.41. The van der Waals surface area contributed by atoms with E-state index in [1.165, 1.54) is 11.3 Å². The van der Waals surface area contributed by atoms with Crippen molar-refractivity contribution in [3.63, 3.8) is 0 Å². The average Bonchev–Trinajstić information content (AvgIpc) is 2.86. The first kappa shape index (κ1) is 13.7. The monoisotopic (exact) mass is 275 g/mol. The van der Waals surface area contributed by atoms with E-state index in [0.717, 1.165) is 28.3 Å². The Morgan fingerprint density at radius 2 is 1.89 bits per heavy atom. The highest BCUT2D eigenvalue weighted by molar-refractivity contribution is 7.15. The first-order valence-corrected chi connectivity index (χ1v) is 7.28. The summed E-state index contributed by atoms with van der Waals surface area (Å²) in [6, 6.07) is 9.61. The Kier molecular flexibility index (Phi) is 4.32. The first-order chi connectivity index (χ1) is 9.17. The zero-order valence-electron chi connectivity index (χ0n) is 11.1. The van der Waals surface area contributed by atoms with Crippen molar-refractivity contribution in [2.75, 3.05) is 0 Å². The standard InChI is InChI=1S/C15H17NO2S/c1-3-10(4-2)14-16-12(15(17)18)13(19-14)11-8-6-5-7-9-11/h5-10H,3-4H2,1-2H3,(H,17,18). The van der Waals surface area contributed by atoms with Gasteiger partial charge in [0.05, 0.1) is 9.88 Å². The second-order valence-corrected chi connectivity index (χ2v) is 5.45.